The van der Waals surface area contributed by atoms with E-state index < -0.39 is 17.8 Å². The summed E-state index contributed by atoms with van der Waals surface area (Å²) in [7, 11) is 0. The van der Waals surface area contributed by atoms with E-state index in [-0.39, 0.29) is 17.1 Å². The van der Waals surface area contributed by atoms with Crippen molar-refractivity contribution in [1.29, 1.82) is 0 Å². The Morgan fingerprint density at radius 1 is 0.800 bits per heavy atom. The van der Waals surface area contributed by atoms with E-state index in [0.29, 0.717) is 30.1 Å². The summed E-state index contributed by atoms with van der Waals surface area (Å²) in [6, 6.07) is 16.3. The van der Waals surface area contributed by atoms with Crippen LogP contribution in [0.4, 0.5) is 8.78 Å². The SMILES string of the molecule is C=CC(=O)OCCCCCCOc1ccc(C(=O)Oc2ccc(-c3ccc(F)cc3)cc2F)cc1. The maximum atomic E-state index is 14.5. The highest BCUT2D eigenvalue weighted by atomic mass is 19.1. The second kappa shape index (κ2) is 13.0. The Bertz CT molecular complexity index is 1140. The fraction of sp³-hybridized carbons (Fsp3) is 0.214. The quantitative estimate of drug-likeness (QED) is 0.128. The Labute approximate surface area is 203 Å². The first-order chi connectivity index (χ1) is 17.0. The van der Waals surface area contributed by atoms with Gasteiger partial charge in [0, 0.05) is 6.08 Å². The molecule has 0 unspecified atom stereocenters. The molecule has 0 amide bonds. The zero-order valence-corrected chi connectivity index (χ0v) is 19.2. The summed E-state index contributed by atoms with van der Waals surface area (Å²) in [6.07, 6.45) is 4.62. The summed E-state index contributed by atoms with van der Waals surface area (Å²) in [5, 5.41) is 0. The second-order valence-corrected chi connectivity index (χ2v) is 7.70. The lowest BCUT2D eigenvalue weighted by molar-refractivity contribution is -0.137. The van der Waals surface area contributed by atoms with Crippen molar-refractivity contribution in [2.75, 3.05) is 13.2 Å². The molecule has 0 aromatic heterocycles. The van der Waals surface area contributed by atoms with Crippen LogP contribution in [0.1, 0.15) is 36.0 Å². The van der Waals surface area contributed by atoms with Crippen molar-refractivity contribution < 1.29 is 32.6 Å². The van der Waals surface area contributed by atoms with Gasteiger partial charge in [-0.05, 0) is 85.3 Å². The molecule has 7 heteroatoms. The van der Waals surface area contributed by atoms with Crippen molar-refractivity contribution in [3.8, 4) is 22.6 Å². The van der Waals surface area contributed by atoms with Gasteiger partial charge in [0.15, 0.2) is 11.6 Å². The molecule has 0 saturated carbocycles. The second-order valence-electron chi connectivity index (χ2n) is 7.70. The van der Waals surface area contributed by atoms with Gasteiger partial charge in [0.05, 0.1) is 18.8 Å². The molecule has 35 heavy (non-hydrogen) atoms. The Morgan fingerprint density at radius 3 is 2.11 bits per heavy atom. The van der Waals surface area contributed by atoms with Crippen molar-refractivity contribution >= 4 is 11.9 Å². The van der Waals surface area contributed by atoms with E-state index in [4.69, 9.17) is 14.2 Å². The molecular weight excluding hydrogens is 454 g/mol. The first-order valence-corrected chi connectivity index (χ1v) is 11.3. The molecule has 3 aromatic rings. The lowest BCUT2D eigenvalue weighted by atomic mass is 10.1. The number of benzene rings is 3. The van der Waals surface area contributed by atoms with Crippen LogP contribution in [0.25, 0.3) is 11.1 Å². The highest BCUT2D eigenvalue weighted by Gasteiger charge is 2.13. The van der Waals surface area contributed by atoms with Gasteiger partial charge >= 0.3 is 11.9 Å². The molecule has 3 rings (SSSR count). The molecule has 0 bridgehead atoms. The molecule has 5 nitrogen and oxygen atoms in total. The highest BCUT2D eigenvalue weighted by Crippen LogP contribution is 2.26. The topological polar surface area (TPSA) is 61.8 Å². The molecule has 0 N–H and O–H groups in total. The largest absolute Gasteiger partial charge is 0.494 e. The zero-order valence-electron chi connectivity index (χ0n) is 19.2. The van der Waals surface area contributed by atoms with Crippen LogP contribution in [0.5, 0.6) is 11.5 Å². The van der Waals surface area contributed by atoms with Crippen molar-refractivity contribution in [2.45, 2.75) is 25.7 Å². The van der Waals surface area contributed by atoms with E-state index in [1.165, 1.54) is 24.3 Å². The summed E-state index contributed by atoms with van der Waals surface area (Å²) in [6.45, 7) is 4.24. The number of esters is 2. The third kappa shape index (κ3) is 8.07. The van der Waals surface area contributed by atoms with E-state index in [1.54, 1.807) is 42.5 Å². The van der Waals surface area contributed by atoms with Crippen LogP contribution < -0.4 is 9.47 Å². The van der Waals surface area contributed by atoms with Gasteiger partial charge in [-0.1, -0.05) is 24.8 Å². The van der Waals surface area contributed by atoms with Crippen molar-refractivity contribution in [1.82, 2.24) is 0 Å². The number of ether oxygens (including phenoxy) is 3. The first-order valence-electron chi connectivity index (χ1n) is 11.3. The lowest BCUT2D eigenvalue weighted by Crippen LogP contribution is -2.09. The van der Waals surface area contributed by atoms with Gasteiger partial charge in [0.2, 0.25) is 0 Å². The van der Waals surface area contributed by atoms with Crippen molar-refractivity contribution in [3.05, 3.63) is 96.6 Å². The number of halogens is 2. The fourth-order valence-corrected chi connectivity index (χ4v) is 3.23. The lowest BCUT2D eigenvalue weighted by Gasteiger charge is -2.09. The predicted molar refractivity (Wildman–Crippen MR) is 128 cm³/mol. The summed E-state index contributed by atoms with van der Waals surface area (Å²) in [5.41, 5.74) is 1.45. The predicted octanol–water partition coefficient (Wildman–Crippen LogP) is 6.52. The first kappa shape index (κ1) is 25.6. The number of hydrogen-bond acceptors (Lipinski definition) is 5. The van der Waals surface area contributed by atoms with E-state index in [0.717, 1.165) is 31.8 Å². The van der Waals surface area contributed by atoms with Crippen molar-refractivity contribution in [3.63, 3.8) is 0 Å². The fourth-order valence-electron chi connectivity index (χ4n) is 3.23. The van der Waals surface area contributed by atoms with Crippen LogP contribution >= 0.6 is 0 Å². The van der Waals surface area contributed by atoms with Crippen LogP contribution in [0.3, 0.4) is 0 Å². The molecule has 0 heterocycles. The standard InChI is InChI=1S/C28H26F2O5/c1-2-27(31)34-18-6-4-3-5-17-33-24-14-9-21(10-15-24)28(32)35-26-16-11-22(19-25(26)30)20-7-12-23(29)13-8-20/h2,7-16,19H,1,3-6,17-18H2. The van der Waals surface area contributed by atoms with Crippen LogP contribution in [0, 0.1) is 11.6 Å². The normalized spacial score (nSPS) is 10.5. The van der Waals surface area contributed by atoms with Gasteiger partial charge in [-0.25, -0.2) is 18.4 Å². The minimum Gasteiger partial charge on any atom is -0.494 e. The third-order valence-corrected chi connectivity index (χ3v) is 5.12. The van der Waals surface area contributed by atoms with Gasteiger partial charge in [-0.15, -0.1) is 0 Å². The molecule has 0 radical (unpaired) electrons. The van der Waals surface area contributed by atoms with Crippen LogP contribution in [-0.2, 0) is 9.53 Å². The molecule has 0 saturated heterocycles. The summed E-state index contributed by atoms with van der Waals surface area (Å²) in [5.74, 6) is -1.76. The molecular formula is C28H26F2O5. The van der Waals surface area contributed by atoms with Gasteiger partial charge in [0.1, 0.15) is 11.6 Å². The summed E-state index contributed by atoms with van der Waals surface area (Å²) >= 11 is 0. The van der Waals surface area contributed by atoms with E-state index in [1.807, 2.05) is 0 Å². The van der Waals surface area contributed by atoms with Crippen LogP contribution in [-0.4, -0.2) is 25.2 Å². The Hall–Kier alpha value is -4.00. The molecule has 3 aromatic carbocycles. The molecule has 0 fully saturated rings. The van der Waals surface area contributed by atoms with Crippen LogP contribution in [0.2, 0.25) is 0 Å². The van der Waals surface area contributed by atoms with Crippen LogP contribution in [0.15, 0.2) is 79.4 Å². The van der Waals surface area contributed by atoms with Gasteiger partial charge in [0.25, 0.3) is 0 Å². The van der Waals surface area contributed by atoms with Gasteiger partial charge in [-0.2, -0.15) is 0 Å². The number of unbranched alkanes of at least 4 members (excludes halogenated alkanes) is 3. The maximum absolute atomic E-state index is 14.5. The molecule has 0 aliphatic heterocycles. The number of rotatable bonds is 12. The summed E-state index contributed by atoms with van der Waals surface area (Å²) < 4.78 is 43.3. The zero-order chi connectivity index (χ0) is 25.0. The number of carbonyl (C=O) groups is 2. The Kier molecular flexibility index (Phi) is 9.54. The minimum absolute atomic E-state index is 0.194. The molecule has 0 atom stereocenters. The maximum Gasteiger partial charge on any atom is 0.343 e. The number of hydrogen-bond donors (Lipinski definition) is 0. The highest BCUT2D eigenvalue weighted by molar-refractivity contribution is 5.91. The van der Waals surface area contributed by atoms with Crippen molar-refractivity contribution in [2.24, 2.45) is 0 Å². The Morgan fingerprint density at radius 2 is 1.46 bits per heavy atom. The average molecular weight is 481 g/mol. The van der Waals surface area contributed by atoms with Gasteiger partial charge in [-0.3, -0.25) is 0 Å². The summed E-state index contributed by atoms with van der Waals surface area (Å²) in [4.78, 5) is 23.3. The molecule has 0 aliphatic carbocycles. The third-order valence-electron chi connectivity index (χ3n) is 5.12. The molecule has 0 spiro atoms. The van der Waals surface area contributed by atoms with E-state index >= 15 is 0 Å². The monoisotopic (exact) mass is 480 g/mol. The smallest absolute Gasteiger partial charge is 0.343 e. The molecule has 0 aliphatic rings. The number of carbonyl (C=O) groups excluding carboxylic acids is 2. The molecule has 182 valence electrons. The minimum atomic E-state index is -0.695. The van der Waals surface area contributed by atoms with E-state index in [9.17, 15) is 18.4 Å². The van der Waals surface area contributed by atoms with Gasteiger partial charge < -0.3 is 14.2 Å². The van der Waals surface area contributed by atoms with E-state index in [2.05, 4.69) is 6.58 Å². The Balaban J connectivity index is 1.43. The average Bonchev–Trinajstić information content (AvgIpc) is 2.87.